The molecule has 5 aromatic rings. The summed E-state index contributed by atoms with van der Waals surface area (Å²) in [4.78, 5) is 31.2. The van der Waals surface area contributed by atoms with Gasteiger partial charge in [0.05, 0.1) is 29.3 Å². The second-order valence-corrected chi connectivity index (χ2v) is 11.2. The number of hydrogen-bond acceptors (Lipinski definition) is 7. The van der Waals surface area contributed by atoms with Gasteiger partial charge in [-0.05, 0) is 97.1 Å². The second-order valence-electron chi connectivity index (χ2n) is 9.69. The third-order valence-corrected chi connectivity index (χ3v) is 8.48. The summed E-state index contributed by atoms with van der Waals surface area (Å²) >= 11 is 7.43. The Morgan fingerprint density at radius 3 is 2.23 bits per heavy atom. The molecule has 3 aromatic carbocycles. The summed E-state index contributed by atoms with van der Waals surface area (Å²) in [7, 11) is 1.36. The first-order valence-corrected chi connectivity index (χ1v) is 14.5. The average Bonchev–Trinajstić information content (AvgIpc) is 3.66. The Kier molecular flexibility index (Phi) is 7.91. The maximum absolute atomic E-state index is 12.0. The van der Waals surface area contributed by atoms with Crippen molar-refractivity contribution >= 4 is 46.4 Å². The van der Waals surface area contributed by atoms with Crippen LogP contribution in [0.5, 0.6) is 0 Å². The quantitative estimate of drug-likeness (QED) is 0.0874. The van der Waals surface area contributed by atoms with Crippen LogP contribution in [0.3, 0.4) is 0 Å². The first kappa shape index (κ1) is 28.1. The second kappa shape index (κ2) is 12.1. The molecule has 214 valence electrons. The number of pyridine rings is 1. The van der Waals surface area contributed by atoms with Gasteiger partial charge in [-0.15, -0.1) is 0 Å². The molecule has 1 saturated heterocycles. The number of carbonyl (C=O) groups is 1. The summed E-state index contributed by atoms with van der Waals surface area (Å²) in [6.45, 7) is 0. The molecule has 0 saturated carbocycles. The molecule has 11 heteroatoms. The number of carbonyl (C=O) groups excluding carboxylic acids is 1. The van der Waals surface area contributed by atoms with E-state index in [1.54, 1.807) is 30.5 Å². The molecule has 2 atom stereocenters. The molecular formula is C32H25N5O4S2. The summed E-state index contributed by atoms with van der Waals surface area (Å²) in [5, 5.41) is 15.1. The lowest BCUT2D eigenvalue weighted by Crippen LogP contribution is -2.30. The van der Waals surface area contributed by atoms with Gasteiger partial charge in [-0.25, -0.2) is 4.79 Å². The van der Waals surface area contributed by atoms with E-state index >= 15 is 0 Å². The lowest BCUT2D eigenvalue weighted by molar-refractivity contribution is -0.384. The molecule has 0 aliphatic carbocycles. The third-order valence-electron chi connectivity index (χ3n) is 7.15. The van der Waals surface area contributed by atoms with Crippen molar-refractivity contribution < 1.29 is 14.5 Å². The van der Waals surface area contributed by atoms with Crippen molar-refractivity contribution in [3.8, 4) is 5.69 Å². The van der Waals surface area contributed by atoms with Crippen LogP contribution in [0, 0.1) is 10.1 Å². The standard InChI is InChI=1S/C32H25N5O4S2/c1-41-31(38)21-7-9-22(10-8-21)35-20-4-6-28(35)30-29(27-5-2-3-19-33-27)34-32(42)36(30)23-11-15-25(16-12-23)43-26-17-13-24(14-18-26)37(39)40/h2-20,29-30H,1H3,(H,34,42)/t29-,30+/m0/s1. The zero-order chi connectivity index (χ0) is 29.9. The van der Waals surface area contributed by atoms with Gasteiger partial charge in [0.2, 0.25) is 0 Å². The number of anilines is 1. The number of thiocarbonyl (C=S) groups is 1. The summed E-state index contributed by atoms with van der Waals surface area (Å²) in [6.07, 6.45) is 3.76. The fraction of sp³-hybridized carbons (Fsp3) is 0.0938. The van der Waals surface area contributed by atoms with Crippen molar-refractivity contribution in [1.82, 2.24) is 14.9 Å². The molecule has 9 nitrogen and oxygen atoms in total. The van der Waals surface area contributed by atoms with E-state index in [0.717, 1.165) is 32.6 Å². The number of methoxy groups -OCH3 is 1. The molecule has 43 heavy (non-hydrogen) atoms. The van der Waals surface area contributed by atoms with Crippen LogP contribution in [0.4, 0.5) is 11.4 Å². The number of nitro benzene ring substituents is 1. The van der Waals surface area contributed by atoms with E-state index in [2.05, 4.69) is 25.8 Å². The molecule has 3 heterocycles. The van der Waals surface area contributed by atoms with Gasteiger partial charge in [-0.2, -0.15) is 0 Å². The molecule has 0 bridgehead atoms. The van der Waals surface area contributed by atoms with Crippen LogP contribution >= 0.6 is 24.0 Å². The largest absolute Gasteiger partial charge is 0.465 e. The molecule has 1 aliphatic heterocycles. The van der Waals surface area contributed by atoms with Gasteiger partial charge < -0.3 is 19.5 Å². The van der Waals surface area contributed by atoms with Crippen molar-refractivity contribution in [3.05, 3.63) is 143 Å². The van der Waals surface area contributed by atoms with Gasteiger partial charge in [-0.1, -0.05) is 17.8 Å². The van der Waals surface area contributed by atoms with Crippen molar-refractivity contribution in [2.24, 2.45) is 0 Å². The minimum absolute atomic E-state index is 0.0624. The molecular weight excluding hydrogens is 583 g/mol. The molecule has 2 aromatic heterocycles. The SMILES string of the molecule is COC(=O)c1ccc(-n2cccc2[C@@H]2[C@H](c3ccccn3)NC(=S)N2c2ccc(Sc3ccc([N+](=O)[O-])cc3)cc2)cc1. The van der Waals surface area contributed by atoms with Crippen molar-refractivity contribution in [3.63, 3.8) is 0 Å². The van der Waals surface area contributed by atoms with E-state index in [9.17, 15) is 14.9 Å². The van der Waals surface area contributed by atoms with Crippen LogP contribution in [0.25, 0.3) is 5.69 Å². The van der Waals surface area contributed by atoms with Crippen LogP contribution in [0.2, 0.25) is 0 Å². The molecule has 1 fully saturated rings. The minimum Gasteiger partial charge on any atom is -0.465 e. The minimum atomic E-state index is -0.404. The number of nitrogens with one attached hydrogen (secondary N) is 1. The number of nitro groups is 1. The van der Waals surface area contributed by atoms with Gasteiger partial charge in [0, 0.05) is 51.4 Å². The lowest BCUT2D eigenvalue weighted by Gasteiger charge is -2.29. The van der Waals surface area contributed by atoms with E-state index in [4.69, 9.17) is 17.0 Å². The summed E-state index contributed by atoms with van der Waals surface area (Å²) in [6, 6.07) is 31.3. The maximum Gasteiger partial charge on any atom is 0.337 e. The summed E-state index contributed by atoms with van der Waals surface area (Å²) in [5.74, 6) is -0.388. The fourth-order valence-corrected chi connectivity index (χ4v) is 6.29. The van der Waals surface area contributed by atoms with Crippen molar-refractivity contribution in [2.75, 3.05) is 12.0 Å². The van der Waals surface area contributed by atoms with Gasteiger partial charge >= 0.3 is 5.97 Å². The molecule has 1 N–H and O–H groups in total. The van der Waals surface area contributed by atoms with Crippen LogP contribution < -0.4 is 10.2 Å². The van der Waals surface area contributed by atoms with E-state index in [1.165, 1.54) is 31.0 Å². The lowest BCUT2D eigenvalue weighted by atomic mass is 10.0. The van der Waals surface area contributed by atoms with Crippen LogP contribution in [-0.2, 0) is 4.74 Å². The number of nitrogens with zero attached hydrogens (tertiary/aromatic N) is 4. The Hall–Kier alpha value is -5.00. The highest BCUT2D eigenvalue weighted by Gasteiger charge is 2.42. The van der Waals surface area contributed by atoms with Gasteiger partial charge in [0.25, 0.3) is 5.69 Å². The van der Waals surface area contributed by atoms with Gasteiger partial charge in [0.15, 0.2) is 5.11 Å². The third kappa shape index (κ3) is 5.72. The Balaban J connectivity index is 1.34. The number of rotatable bonds is 8. The maximum atomic E-state index is 12.0. The van der Waals surface area contributed by atoms with Crippen LogP contribution in [0.15, 0.2) is 125 Å². The Morgan fingerprint density at radius 2 is 1.60 bits per heavy atom. The van der Waals surface area contributed by atoms with Crippen LogP contribution in [-0.4, -0.2) is 32.7 Å². The van der Waals surface area contributed by atoms with E-state index in [-0.39, 0.29) is 23.7 Å². The van der Waals surface area contributed by atoms with E-state index in [0.29, 0.717) is 10.7 Å². The number of hydrogen-bond donors (Lipinski definition) is 1. The predicted molar refractivity (Wildman–Crippen MR) is 169 cm³/mol. The van der Waals surface area contributed by atoms with Gasteiger partial charge in [-0.3, -0.25) is 15.1 Å². The summed E-state index contributed by atoms with van der Waals surface area (Å²) < 4.78 is 6.94. The predicted octanol–water partition coefficient (Wildman–Crippen LogP) is 6.90. The Labute approximate surface area is 257 Å². The number of aromatic nitrogens is 2. The first-order chi connectivity index (χ1) is 20.9. The van der Waals surface area contributed by atoms with E-state index < -0.39 is 4.92 Å². The highest BCUT2D eigenvalue weighted by molar-refractivity contribution is 7.99. The Bertz CT molecular complexity index is 1780. The van der Waals surface area contributed by atoms with E-state index in [1.807, 2.05) is 66.9 Å². The van der Waals surface area contributed by atoms with Crippen LogP contribution in [0.1, 0.15) is 33.8 Å². The zero-order valence-corrected chi connectivity index (χ0v) is 24.5. The Morgan fingerprint density at radius 1 is 0.930 bits per heavy atom. The van der Waals surface area contributed by atoms with Crippen molar-refractivity contribution in [1.29, 1.82) is 0 Å². The number of ether oxygens (including phenoxy) is 1. The normalized spacial score (nSPS) is 16.1. The number of esters is 1. The average molecular weight is 608 g/mol. The first-order valence-electron chi connectivity index (χ1n) is 13.3. The number of benzene rings is 3. The number of non-ortho nitro benzene ring substituents is 1. The fourth-order valence-electron chi connectivity index (χ4n) is 5.13. The molecule has 0 amide bonds. The van der Waals surface area contributed by atoms with Crippen molar-refractivity contribution in [2.45, 2.75) is 21.9 Å². The van der Waals surface area contributed by atoms with Gasteiger partial charge in [0.1, 0.15) is 6.04 Å². The highest BCUT2D eigenvalue weighted by Crippen LogP contribution is 2.43. The molecule has 0 spiro atoms. The smallest absolute Gasteiger partial charge is 0.337 e. The monoisotopic (exact) mass is 607 g/mol. The molecule has 0 unspecified atom stereocenters. The molecule has 0 radical (unpaired) electrons. The summed E-state index contributed by atoms with van der Waals surface area (Å²) in [5.41, 5.74) is 4.17. The topological polar surface area (TPSA) is 103 Å². The molecule has 6 rings (SSSR count). The molecule has 1 aliphatic rings. The highest BCUT2D eigenvalue weighted by atomic mass is 32.2. The zero-order valence-electron chi connectivity index (χ0n) is 22.9.